The number of hydrogen-bond acceptors (Lipinski definition) is 6. The van der Waals surface area contributed by atoms with Crippen LogP contribution in [0, 0.1) is 0 Å². The number of ether oxygens (including phenoxy) is 1. The Morgan fingerprint density at radius 2 is 1.83 bits per heavy atom. The average Bonchev–Trinajstić information content (AvgIpc) is 2.85. The Bertz CT molecular complexity index is 1230. The number of phenols is 1. The number of nitrogens with one attached hydrogen (secondary N) is 1. The van der Waals surface area contributed by atoms with Crippen LogP contribution in [0.2, 0.25) is 5.02 Å². The molecule has 0 aromatic heterocycles. The fourth-order valence-corrected chi connectivity index (χ4v) is 3.60. The fourth-order valence-electron chi connectivity index (χ4n) is 3.42. The molecule has 3 aromatic carbocycles. The van der Waals surface area contributed by atoms with Crippen LogP contribution in [0.5, 0.6) is 11.5 Å². The maximum absolute atomic E-state index is 12.6. The monoisotopic (exact) mass is 496 g/mol. The van der Waals surface area contributed by atoms with E-state index in [2.05, 4.69) is 10.5 Å². The molecular weight excluding hydrogens is 468 g/mol. The van der Waals surface area contributed by atoms with E-state index in [0.717, 1.165) is 22.9 Å². The van der Waals surface area contributed by atoms with Gasteiger partial charge in [-0.1, -0.05) is 35.9 Å². The van der Waals surface area contributed by atoms with Crippen LogP contribution in [0.15, 0.2) is 59.7 Å². The molecule has 0 spiro atoms. The van der Waals surface area contributed by atoms with Crippen LogP contribution in [0.1, 0.15) is 22.8 Å². The fraction of sp³-hybridized carbons (Fsp3) is 0.269. The molecule has 2 N–H and O–H groups in total. The summed E-state index contributed by atoms with van der Waals surface area (Å²) in [5.41, 5.74) is 3.50. The van der Waals surface area contributed by atoms with E-state index in [9.17, 15) is 14.7 Å². The average molecular weight is 497 g/mol. The number of phenolic OH excluding ortho intramolecular Hbond substituents is 1. The highest BCUT2D eigenvalue weighted by Crippen LogP contribution is 2.28. The molecule has 184 valence electrons. The van der Waals surface area contributed by atoms with Crippen molar-refractivity contribution >= 4 is 40.4 Å². The molecule has 0 saturated heterocycles. The molecule has 9 heteroatoms. The summed E-state index contributed by atoms with van der Waals surface area (Å²) in [7, 11) is 3.94. The Morgan fingerprint density at radius 1 is 1.09 bits per heavy atom. The van der Waals surface area contributed by atoms with Crippen molar-refractivity contribution in [2.45, 2.75) is 6.92 Å². The first kappa shape index (κ1) is 26.0. The van der Waals surface area contributed by atoms with Crippen molar-refractivity contribution in [3.05, 3.63) is 70.7 Å². The van der Waals surface area contributed by atoms with E-state index in [-0.39, 0.29) is 28.8 Å². The molecule has 3 aromatic rings. The number of rotatable bonds is 10. The van der Waals surface area contributed by atoms with E-state index in [1.807, 2.05) is 56.3 Å². The molecule has 0 bridgehead atoms. The molecule has 0 heterocycles. The largest absolute Gasteiger partial charge is 0.506 e. The summed E-state index contributed by atoms with van der Waals surface area (Å²) < 4.78 is 5.90. The zero-order valence-electron chi connectivity index (χ0n) is 20.0. The van der Waals surface area contributed by atoms with Crippen LogP contribution in [0.25, 0.3) is 10.8 Å². The number of benzene rings is 3. The second kappa shape index (κ2) is 12.2. The van der Waals surface area contributed by atoms with E-state index < -0.39 is 5.91 Å². The number of likely N-dealkylation sites (N-methyl/N-ethyl adjacent to an activating group) is 2. The zero-order chi connectivity index (χ0) is 25.4. The molecule has 0 radical (unpaired) electrons. The summed E-state index contributed by atoms with van der Waals surface area (Å²) in [4.78, 5) is 28.7. The number of fused-ring (bicyclic) bond motifs is 1. The van der Waals surface area contributed by atoms with Crippen molar-refractivity contribution in [1.29, 1.82) is 0 Å². The standard InChI is InChI=1S/C26H29ClN4O4/c1-4-31(14-13-30(2)3)25(33)17-35-24-12-10-19(20-7-5-6-8-21(20)24)16-28-29-26(34)18-9-11-23(32)22(27)15-18/h5-12,15-16,32H,4,13-14,17H2,1-3H3,(H,29,34). The Morgan fingerprint density at radius 3 is 2.51 bits per heavy atom. The number of hydrazone groups is 1. The Kier molecular flexibility index (Phi) is 9.05. The lowest BCUT2D eigenvalue weighted by molar-refractivity contribution is -0.133. The lowest BCUT2D eigenvalue weighted by Gasteiger charge is -2.23. The van der Waals surface area contributed by atoms with E-state index in [1.165, 1.54) is 24.4 Å². The number of nitrogens with zero attached hydrogens (tertiary/aromatic N) is 3. The van der Waals surface area contributed by atoms with E-state index >= 15 is 0 Å². The van der Waals surface area contributed by atoms with Crippen molar-refractivity contribution in [3.8, 4) is 11.5 Å². The molecule has 0 aliphatic rings. The molecule has 8 nitrogen and oxygen atoms in total. The molecule has 35 heavy (non-hydrogen) atoms. The van der Waals surface area contributed by atoms with Crippen LogP contribution in [0.4, 0.5) is 0 Å². The quantitative estimate of drug-likeness (QED) is 0.329. The number of amides is 2. The highest BCUT2D eigenvalue weighted by Gasteiger charge is 2.14. The number of carbonyl (C=O) groups is 2. The highest BCUT2D eigenvalue weighted by molar-refractivity contribution is 6.32. The smallest absolute Gasteiger partial charge is 0.271 e. The molecule has 0 atom stereocenters. The first-order valence-corrected chi connectivity index (χ1v) is 11.6. The topological polar surface area (TPSA) is 94.5 Å². The summed E-state index contributed by atoms with van der Waals surface area (Å²) in [6, 6.07) is 15.4. The minimum Gasteiger partial charge on any atom is -0.506 e. The van der Waals surface area contributed by atoms with Crippen LogP contribution < -0.4 is 10.2 Å². The number of aromatic hydroxyl groups is 1. The maximum atomic E-state index is 12.6. The van der Waals surface area contributed by atoms with Gasteiger partial charge in [-0.2, -0.15) is 5.10 Å². The normalized spacial score (nSPS) is 11.2. The van der Waals surface area contributed by atoms with Gasteiger partial charge < -0.3 is 19.6 Å². The van der Waals surface area contributed by atoms with Gasteiger partial charge in [0, 0.05) is 36.1 Å². The van der Waals surface area contributed by atoms with Crippen LogP contribution >= 0.6 is 11.6 Å². The van der Waals surface area contributed by atoms with Gasteiger partial charge in [0.1, 0.15) is 11.5 Å². The van der Waals surface area contributed by atoms with Gasteiger partial charge in [0.2, 0.25) is 0 Å². The molecule has 3 rings (SSSR count). The van der Waals surface area contributed by atoms with E-state index in [4.69, 9.17) is 16.3 Å². The van der Waals surface area contributed by atoms with E-state index in [1.54, 1.807) is 11.0 Å². The summed E-state index contributed by atoms with van der Waals surface area (Å²) in [6.45, 7) is 3.95. The zero-order valence-corrected chi connectivity index (χ0v) is 20.7. The van der Waals surface area contributed by atoms with Gasteiger partial charge in [-0.3, -0.25) is 9.59 Å². The summed E-state index contributed by atoms with van der Waals surface area (Å²) in [5, 5.41) is 15.3. The lowest BCUT2D eigenvalue weighted by atomic mass is 10.0. The Labute approximate surface area is 209 Å². The third-order valence-corrected chi connectivity index (χ3v) is 5.70. The van der Waals surface area contributed by atoms with E-state index in [0.29, 0.717) is 18.8 Å². The van der Waals surface area contributed by atoms with Crippen molar-refractivity contribution in [2.75, 3.05) is 40.3 Å². The third-order valence-electron chi connectivity index (χ3n) is 5.40. The predicted octanol–water partition coefficient (Wildman–Crippen LogP) is 3.75. The molecule has 0 saturated carbocycles. The van der Waals surface area contributed by atoms with Crippen LogP contribution in [-0.2, 0) is 4.79 Å². The van der Waals surface area contributed by atoms with Gasteiger partial charge in [0.05, 0.1) is 11.2 Å². The second-order valence-electron chi connectivity index (χ2n) is 8.13. The summed E-state index contributed by atoms with van der Waals surface area (Å²) >= 11 is 5.86. The maximum Gasteiger partial charge on any atom is 0.271 e. The Hall–Kier alpha value is -3.62. The van der Waals surface area contributed by atoms with Gasteiger partial charge in [-0.15, -0.1) is 0 Å². The van der Waals surface area contributed by atoms with Crippen molar-refractivity contribution in [2.24, 2.45) is 5.10 Å². The number of hydrogen-bond donors (Lipinski definition) is 2. The first-order valence-electron chi connectivity index (χ1n) is 11.2. The van der Waals surface area contributed by atoms with Crippen LogP contribution in [-0.4, -0.2) is 73.3 Å². The van der Waals surface area contributed by atoms with Crippen molar-refractivity contribution < 1.29 is 19.4 Å². The van der Waals surface area contributed by atoms with Gasteiger partial charge >= 0.3 is 0 Å². The van der Waals surface area contributed by atoms with Crippen molar-refractivity contribution in [3.63, 3.8) is 0 Å². The summed E-state index contributed by atoms with van der Waals surface area (Å²) in [5.74, 6) is -0.0301. The SMILES string of the molecule is CCN(CCN(C)C)C(=O)COc1ccc(C=NNC(=O)c2ccc(O)c(Cl)c2)c2ccccc12. The minimum atomic E-state index is -0.458. The molecule has 2 amide bonds. The van der Waals surface area contributed by atoms with Gasteiger partial charge in [-0.25, -0.2) is 5.43 Å². The van der Waals surface area contributed by atoms with Gasteiger partial charge in [-0.05, 0) is 56.7 Å². The lowest BCUT2D eigenvalue weighted by Crippen LogP contribution is -2.39. The molecular formula is C26H29ClN4O4. The first-order chi connectivity index (χ1) is 16.8. The van der Waals surface area contributed by atoms with Crippen LogP contribution in [0.3, 0.4) is 0 Å². The van der Waals surface area contributed by atoms with Crippen molar-refractivity contribution in [1.82, 2.24) is 15.2 Å². The third kappa shape index (κ3) is 6.94. The van der Waals surface area contributed by atoms with Gasteiger partial charge in [0.15, 0.2) is 6.61 Å². The summed E-state index contributed by atoms with van der Waals surface area (Å²) in [6.07, 6.45) is 1.54. The second-order valence-corrected chi connectivity index (χ2v) is 8.54. The Balaban J connectivity index is 1.70. The molecule has 0 fully saturated rings. The molecule has 0 aliphatic carbocycles. The number of halogens is 1. The minimum absolute atomic E-state index is 0.0516. The highest BCUT2D eigenvalue weighted by atomic mass is 35.5. The predicted molar refractivity (Wildman–Crippen MR) is 138 cm³/mol. The molecule has 0 unspecified atom stereocenters. The number of carbonyl (C=O) groups excluding carboxylic acids is 2. The molecule has 0 aliphatic heterocycles. The van der Waals surface area contributed by atoms with Gasteiger partial charge in [0.25, 0.3) is 11.8 Å².